The molecule has 0 fully saturated rings. The Kier molecular flexibility index (Phi) is 7.22. The van der Waals surface area contributed by atoms with Crippen LogP contribution in [0.25, 0.3) is 10.9 Å². The molecule has 8 nitrogen and oxygen atoms in total. The van der Waals surface area contributed by atoms with Gasteiger partial charge in [-0.1, -0.05) is 23.2 Å². The largest absolute Gasteiger partial charge is 0.497 e. The second-order valence-electron chi connectivity index (χ2n) is 6.92. The number of amides is 1. The number of benzene rings is 2. The molecule has 1 heterocycles. The minimum atomic E-state index is -3.73. The molecule has 0 aliphatic heterocycles. The number of nitrogens with zero attached hydrogens (tertiary/aromatic N) is 3. The van der Waals surface area contributed by atoms with Crippen molar-refractivity contribution in [3.8, 4) is 5.75 Å². The highest BCUT2D eigenvalue weighted by Gasteiger charge is 2.22. The maximum atomic E-state index is 12.4. The van der Waals surface area contributed by atoms with E-state index in [1.807, 2.05) is 6.07 Å². The first-order valence-corrected chi connectivity index (χ1v) is 11.9. The van der Waals surface area contributed by atoms with Gasteiger partial charge in [0.15, 0.2) is 0 Å². The van der Waals surface area contributed by atoms with Crippen LogP contribution in [0.3, 0.4) is 0 Å². The number of hydrazone groups is 1. The van der Waals surface area contributed by atoms with E-state index in [4.69, 9.17) is 27.9 Å². The molecule has 0 radical (unpaired) electrons. The van der Waals surface area contributed by atoms with Crippen LogP contribution in [0, 0.1) is 6.92 Å². The normalized spacial score (nSPS) is 11.7. The Bertz CT molecular complexity index is 1310. The molecule has 1 amide bonds. The summed E-state index contributed by atoms with van der Waals surface area (Å²) in [5.41, 5.74) is 4.43. The Morgan fingerprint density at radius 1 is 1.22 bits per heavy atom. The van der Waals surface area contributed by atoms with Crippen molar-refractivity contribution < 1.29 is 17.9 Å². The third kappa shape index (κ3) is 5.67. The molecule has 0 saturated carbocycles. The number of halogens is 2. The molecular weight excluding hydrogens is 475 g/mol. The molecule has 11 heteroatoms. The number of hydrogen-bond donors (Lipinski definition) is 1. The lowest BCUT2D eigenvalue weighted by atomic mass is 10.1. The summed E-state index contributed by atoms with van der Waals surface area (Å²) in [4.78, 5) is 16.7. The van der Waals surface area contributed by atoms with E-state index < -0.39 is 22.5 Å². The molecule has 0 spiro atoms. The van der Waals surface area contributed by atoms with Gasteiger partial charge < -0.3 is 4.74 Å². The lowest BCUT2D eigenvalue weighted by Gasteiger charge is -2.23. The quantitative estimate of drug-likeness (QED) is 0.306. The van der Waals surface area contributed by atoms with E-state index in [1.165, 1.54) is 6.21 Å². The van der Waals surface area contributed by atoms with Gasteiger partial charge in [0.2, 0.25) is 10.0 Å². The Balaban J connectivity index is 1.76. The summed E-state index contributed by atoms with van der Waals surface area (Å²) in [6, 6.07) is 11.9. The molecule has 1 N–H and O–H groups in total. The fourth-order valence-corrected chi connectivity index (χ4v) is 4.31. The zero-order valence-electron chi connectivity index (χ0n) is 17.5. The second kappa shape index (κ2) is 9.72. The molecular formula is C21H20Cl2N4O4S. The van der Waals surface area contributed by atoms with Crippen molar-refractivity contribution in [2.75, 3.05) is 24.2 Å². The Morgan fingerprint density at radius 3 is 2.62 bits per heavy atom. The van der Waals surface area contributed by atoms with Gasteiger partial charge in [-0.2, -0.15) is 5.10 Å². The number of fused-ring (bicyclic) bond motifs is 1. The third-order valence-corrected chi connectivity index (χ3v) is 6.18. The van der Waals surface area contributed by atoms with Crippen LogP contribution in [0.4, 0.5) is 5.69 Å². The first kappa shape index (κ1) is 23.8. The fourth-order valence-electron chi connectivity index (χ4n) is 2.98. The zero-order valence-corrected chi connectivity index (χ0v) is 19.8. The van der Waals surface area contributed by atoms with Crippen LogP contribution < -0.4 is 14.5 Å². The SMILES string of the molecule is COc1ccc2cc(/C=N\NC(=O)CN(c3ccc(Cl)cc3C)S(C)(=O)=O)c(Cl)nc2c1. The van der Waals surface area contributed by atoms with Crippen molar-refractivity contribution in [2.45, 2.75) is 6.92 Å². The predicted molar refractivity (Wildman–Crippen MR) is 127 cm³/mol. The van der Waals surface area contributed by atoms with Gasteiger partial charge >= 0.3 is 0 Å². The van der Waals surface area contributed by atoms with E-state index in [-0.39, 0.29) is 5.15 Å². The summed E-state index contributed by atoms with van der Waals surface area (Å²) in [5.74, 6) is 0.0248. The number of rotatable bonds is 7. The molecule has 3 aromatic rings. The van der Waals surface area contributed by atoms with Crippen LogP contribution in [0.1, 0.15) is 11.1 Å². The molecule has 0 atom stereocenters. The molecule has 1 aromatic heterocycles. The number of pyridine rings is 1. The number of carbonyl (C=O) groups excluding carboxylic acids is 1. The Morgan fingerprint density at radius 2 is 1.97 bits per heavy atom. The van der Waals surface area contributed by atoms with Gasteiger partial charge in [0.05, 0.1) is 30.8 Å². The lowest BCUT2D eigenvalue weighted by molar-refractivity contribution is -0.119. The van der Waals surface area contributed by atoms with Crippen molar-refractivity contribution in [1.82, 2.24) is 10.4 Å². The number of methoxy groups -OCH3 is 1. The van der Waals surface area contributed by atoms with E-state index in [2.05, 4.69) is 15.5 Å². The number of anilines is 1. The number of nitrogens with one attached hydrogen (secondary N) is 1. The Hall–Kier alpha value is -2.88. The summed E-state index contributed by atoms with van der Waals surface area (Å²) >= 11 is 12.2. The van der Waals surface area contributed by atoms with Crippen LogP contribution >= 0.6 is 23.2 Å². The van der Waals surface area contributed by atoms with Crippen molar-refractivity contribution >= 4 is 61.9 Å². The number of hydrogen-bond acceptors (Lipinski definition) is 6. The van der Waals surface area contributed by atoms with Crippen LogP contribution in [0.15, 0.2) is 47.6 Å². The lowest BCUT2D eigenvalue weighted by Crippen LogP contribution is -2.39. The molecule has 0 aliphatic rings. The minimum Gasteiger partial charge on any atom is -0.497 e. The number of sulfonamides is 1. The maximum Gasteiger partial charge on any atom is 0.260 e. The highest BCUT2D eigenvalue weighted by atomic mass is 35.5. The average molecular weight is 495 g/mol. The summed E-state index contributed by atoms with van der Waals surface area (Å²) in [6.45, 7) is 1.25. The highest BCUT2D eigenvalue weighted by molar-refractivity contribution is 7.92. The summed E-state index contributed by atoms with van der Waals surface area (Å²) in [7, 11) is -2.17. The molecule has 0 unspecified atom stereocenters. The predicted octanol–water partition coefficient (Wildman–Crippen LogP) is 3.77. The third-order valence-electron chi connectivity index (χ3n) is 4.51. The molecule has 3 rings (SSSR count). The maximum absolute atomic E-state index is 12.4. The number of carbonyl (C=O) groups is 1. The summed E-state index contributed by atoms with van der Waals surface area (Å²) in [5, 5.41) is 5.36. The van der Waals surface area contributed by atoms with E-state index >= 15 is 0 Å². The monoisotopic (exact) mass is 494 g/mol. The molecule has 0 bridgehead atoms. The molecule has 32 heavy (non-hydrogen) atoms. The molecule has 2 aromatic carbocycles. The van der Waals surface area contributed by atoms with Gasteiger partial charge in [-0.05, 0) is 48.9 Å². The topological polar surface area (TPSA) is 101 Å². The number of aryl methyl sites for hydroxylation is 1. The van der Waals surface area contributed by atoms with Crippen molar-refractivity contribution in [3.05, 3.63) is 63.8 Å². The van der Waals surface area contributed by atoms with Gasteiger partial charge in [0.25, 0.3) is 5.91 Å². The first-order chi connectivity index (χ1) is 15.1. The number of ether oxygens (including phenoxy) is 1. The van der Waals surface area contributed by atoms with E-state index in [9.17, 15) is 13.2 Å². The van der Waals surface area contributed by atoms with Crippen LogP contribution in [-0.2, 0) is 14.8 Å². The van der Waals surface area contributed by atoms with Gasteiger partial charge in [-0.25, -0.2) is 18.8 Å². The second-order valence-corrected chi connectivity index (χ2v) is 9.62. The molecule has 0 aliphatic carbocycles. The van der Waals surface area contributed by atoms with Gasteiger partial charge in [-0.3, -0.25) is 9.10 Å². The van der Waals surface area contributed by atoms with Crippen LogP contribution in [-0.4, -0.2) is 45.4 Å². The van der Waals surface area contributed by atoms with E-state index in [0.29, 0.717) is 33.1 Å². The summed E-state index contributed by atoms with van der Waals surface area (Å²) in [6.07, 6.45) is 2.36. The average Bonchev–Trinajstić information content (AvgIpc) is 2.71. The highest BCUT2D eigenvalue weighted by Crippen LogP contribution is 2.26. The number of aromatic nitrogens is 1. The first-order valence-electron chi connectivity index (χ1n) is 9.28. The van der Waals surface area contributed by atoms with Crippen molar-refractivity contribution in [1.29, 1.82) is 0 Å². The minimum absolute atomic E-state index is 0.193. The Labute approximate surface area is 195 Å². The van der Waals surface area contributed by atoms with E-state index in [0.717, 1.165) is 15.9 Å². The van der Waals surface area contributed by atoms with Gasteiger partial charge in [-0.15, -0.1) is 0 Å². The van der Waals surface area contributed by atoms with E-state index in [1.54, 1.807) is 50.4 Å². The van der Waals surface area contributed by atoms with Crippen LogP contribution in [0.5, 0.6) is 5.75 Å². The fraction of sp³-hybridized carbons (Fsp3) is 0.190. The summed E-state index contributed by atoms with van der Waals surface area (Å²) < 4.78 is 30.7. The standard InChI is InChI=1S/C21H20Cl2N4O4S/c1-13-8-16(22)5-7-19(13)27(32(3,29)30)12-20(28)26-24-11-15-9-14-4-6-17(31-2)10-18(14)25-21(15)23/h4-11H,12H2,1-3H3,(H,26,28)/b24-11-. The van der Waals surface area contributed by atoms with Crippen molar-refractivity contribution in [3.63, 3.8) is 0 Å². The molecule has 168 valence electrons. The van der Waals surface area contributed by atoms with Gasteiger partial charge in [0, 0.05) is 22.0 Å². The van der Waals surface area contributed by atoms with Crippen LogP contribution in [0.2, 0.25) is 10.2 Å². The smallest absolute Gasteiger partial charge is 0.260 e. The van der Waals surface area contributed by atoms with Gasteiger partial charge in [0.1, 0.15) is 17.4 Å². The molecule has 0 saturated heterocycles. The van der Waals surface area contributed by atoms with Crippen molar-refractivity contribution in [2.24, 2.45) is 5.10 Å². The zero-order chi connectivity index (χ0) is 23.5.